The Kier molecular flexibility index (Phi) is 4.57. The molecule has 0 bridgehead atoms. The highest BCUT2D eigenvalue weighted by Gasteiger charge is 2.52. The minimum absolute atomic E-state index is 0.0125. The molecule has 2 aromatic heterocycles. The monoisotopic (exact) mass is 434 g/mol. The third kappa shape index (κ3) is 3.19. The molecule has 2 atom stereocenters. The Bertz CT molecular complexity index is 1300. The van der Waals surface area contributed by atoms with E-state index >= 15 is 0 Å². The van der Waals surface area contributed by atoms with Gasteiger partial charge in [0.15, 0.2) is 0 Å². The largest absolute Gasteiger partial charge is 0.337 e. The van der Waals surface area contributed by atoms with Crippen LogP contribution in [0.1, 0.15) is 15.9 Å². The van der Waals surface area contributed by atoms with Crippen LogP contribution in [0.4, 0.5) is 0 Å². The molecule has 0 spiro atoms. The number of rotatable bonds is 4. The van der Waals surface area contributed by atoms with Crippen molar-refractivity contribution in [3.05, 3.63) is 72.3 Å². The first-order valence-electron chi connectivity index (χ1n) is 9.74. The van der Waals surface area contributed by atoms with Gasteiger partial charge in [0.1, 0.15) is 6.07 Å². The first-order valence-corrected chi connectivity index (χ1v) is 11.2. The number of carbonyl (C=O) groups excluding carboxylic acids is 1. The van der Waals surface area contributed by atoms with Gasteiger partial charge in [0, 0.05) is 44.0 Å². The number of nitrogens with zero attached hydrogens (tertiary/aromatic N) is 6. The minimum atomic E-state index is -3.80. The fraction of sp³-hybridized carbons (Fsp3) is 0.238. The highest BCUT2D eigenvalue weighted by atomic mass is 32.2. The van der Waals surface area contributed by atoms with E-state index in [1.165, 1.54) is 22.6 Å². The summed E-state index contributed by atoms with van der Waals surface area (Å²) in [6, 6.07) is 11.5. The van der Waals surface area contributed by atoms with Crippen LogP contribution in [0.25, 0.3) is 5.69 Å². The molecule has 5 rings (SSSR count). The fourth-order valence-corrected chi connectivity index (χ4v) is 6.06. The van der Waals surface area contributed by atoms with Crippen molar-refractivity contribution in [2.45, 2.75) is 10.9 Å². The zero-order chi connectivity index (χ0) is 21.6. The lowest BCUT2D eigenvalue weighted by Crippen LogP contribution is -2.57. The number of pyridine rings is 1. The molecule has 2 fully saturated rings. The van der Waals surface area contributed by atoms with Gasteiger partial charge in [-0.3, -0.25) is 9.78 Å². The second-order valence-electron chi connectivity index (χ2n) is 7.61. The molecule has 156 valence electrons. The van der Waals surface area contributed by atoms with E-state index in [9.17, 15) is 18.5 Å². The van der Waals surface area contributed by atoms with Crippen molar-refractivity contribution in [3.63, 3.8) is 0 Å². The predicted octanol–water partition coefficient (Wildman–Crippen LogP) is 1.28. The van der Waals surface area contributed by atoms with Crippen molar-refractivity contribution in [3.8, 4) is 11.8 Å². The van der Waals surface area contributed by atoms with Crippen LogP contribution in [0.5, 0.6) is 0 Å². The Morgan fingerprint density at radius 1 is 1.10 bits per heavy atom. The Morgan fingerprint density at radius 2 is 1.94 bits per heavy atom. The second kappa shape index (κ2) is 7.30. The van der Waals surface area contributed by atoms with Crippen LogP contribution in [0.15, 0.2) is 66.1 Å². The SMILES string of the molecule is N#Cc1ccccc1S(=O)(=O)N1C[C@@H]2CN(C(=O)c3cnn(-c4cccnc4)c3)C[C@H]21. The van der Waals surface area contributed by atoms with Crippen LogP contribution in [0, 0.1) is 17.2 Å². The van der Waals surface area contributed by atoms with Crippen molar-refractivity contribution in [2.24, 2.45) is 5.92 Å². The molecule has 0 radical (unpaired) electrons. The molecule has 0 saturated carbocycles. The molecule has 10 heteroatoms. The van der Waals surface area contributed by atoms with Gasteiger partial charge in [-0.2, -0.15) is 14.7 Å². The number of fused-ring (bicyclic) bond motifs is 1. The topological polar surface area (TPSA) is 112 Å². The minimum Gasteiger partial charge on any atom is -0.337 e. The van der Waals surface area contributed by atoms with Gasteiger partial charge in [-0.05, 0) is 24.3 Å². The molecule has 0 N–H and O–H groups in total. The number of sulfonamides is 1. The third-order valence-electron chi connectivity index (χ3n) is 5.81. The summed E-state index contributed by atoms with van der Waals surface area (Å²) in [4.78, 5) is 18.7. The zero-order valence-corrected chi connectivity index (χ0v) is 17.2. The van der Waals surface area contributed by atoms with Crippen LogP contribution in [-0.2, 0) is 10.0 Å². The lowest BCUT2D eigenvalue weighted by molar-refractivity contribution is 0.0788. The lowest BCUT2D eigenvalue weighted by Gasteiger charge is -2.41. The number of likely N-dealkylation sites (tertiary alicyclic amines) is 1. The van der Waals surface area contributed by atoms with Crippen LogP contribution >= 0.6 is 0 Å². The molecule has 2 aliphatic heterocycles. The summed E-state index contributed by atoms with van der Waals surface area (Å²) < 4.78 is 29.2. The number of nitriles is 1. The summed E-state index contributed by atoms with van der Waals surface area (Å²) in [6.45, 7) is 1.15. The standard InChI is InChI=1S/C21H18N6O3S/c22-8-15-4-1-2-6-20(15)31(29,30)27-13-17-11-25(14-19(17)27)21(28)16-9-24-26(12-16)18-5-3-7-23-10-18/h1-7,9-10,12,17,19H,11,13-14H2/t17-,19+/m0/s1. The van der Waals surface area contributed by atoms with E-state index in [0.29, 0.717) is 25.2 Å². The average Bonchev–Trinajstić information content (AvgIpc) is 3.39. The predicted molar refractivity (Wildman–Crippen MR) is 110 cm³/mol. The summed E-state index contributed by atoms with van der Waals surface area (Å²) in [5.74, 6) is -0.0966. The maximum atomic E-state index is 13.1. The number of carbonyl (C=O) groups is 1. The molecule has 2 saturated heterocycles. The average molecular weight is 434 g/mol. The number of amides is 1. The van der Waals surface area contributed by atoms with Gasteiger partial charge in [-0.25, -0.2) is 13.1 Å². The lowest BCUT2D eigenvalue weighted by atomic mass is 9.96. The molecule has 0 unspecified atom stereocenters. The fourth-order valence-electron chi connectivity index (χ4n) is 4.19. The zero-order valence-electron chi connectivity index (χ0n) is 16.4. The number of hydrogen-bond acceptors (Lipinski definition) is 6. The maximum Gasteiger partial charge on any atom is 0.257 e. The highest BCUT2D eigenvalue weighted by molar-refractivity contribution is 7.89. The van der Waals surface area contributed by atoms with E-state index in [2.05, 4.69) is 10.1 Å². The molecule has 31 heavy (non-hydrogen) atoms. The van der Waals surface area contributed by atoms with Gasteiger partial charge in [0.25, 0.3) is 5.91 Å². The summed E-state index contributed by atoms with van der Waals surface area (Å²) >= 11 is 0. The van der Waals surface area contributed by atoms with Crippen LogP contribution in [0.2, 0.25) is 0 Å². The van der Waals surface area contributed by atoms with Gasteiger partial charge in [0.05, 0.1) is 34.1 Å². The second-order valence-corrected chi connectivity index (χ2v) is 9.46. The van der Waals surface area contributed by atoms with Crippen molar-refractivity contribution >= 4 is 15.9 Å². The van der Waals surface area contributed by atoms with E-state index in [-0.39, 0.29) is 28.3 Å². The van der Waals surface area contributed by atoms with Crippen LogP contribution in [-0.4, -0.2) is 64.0 Å². The maximum absolute atomic E-state index is 13.1. The van der Waals surface area contributed by atoms with Crippen molar-refractivity contribution in [1.82, 2.24) is 24.0 Å². The molecule has 1 amide bonds. The quantitative estimate of drug-likeness (QED) is 0.612. The smallest absolute Gasteiger partial charge is 0.257 e. The van der Waals surface area contributed by atoms with E-state index in [0.717, 1.165) is 5.69 Å². The first-order chi connectivity index (χ1) is 15.0. The van der Waals surface area contributed by atoms with Gasteiger partial charge in [-0.15, -0.1) is 0 Å². The van der Waals surface area contributed by atoms with Gasteiger partial charge in [0.2, 0.25) is 10.0 Å². The molecule has 2 aliphatic rings. The molecular formula is C21H18N6O3S. The van der Waals surface area contributed by atoms with E-state index in [4.69, 9.17) is 0 Å². The Morgan fingerprint density at radius 3 is 2.71 bits per heavy atom. The van der Waals surface area contributed by atoms with Crippen molar-refractivity contribution < 1.29 is 13.2 Å². The van der Waals surface area contributed by atoms with Crippen LogP contribution in [0.3, 0.4) is 0 Å². The summed E-state index contributed by atoms with van der Waals surface area (Å²) in [5, 5.41) is 13.5. The molecule has 9 nitrogen and oxygen atoms in total. The van der Waals surface area contributed by atoms with E-state index in [1.807, 2.05) is 12.1 Å². The Hall–Kier alpha value is -3.55. The van der Waals surface area contributed by atoms with Crippen LogP contribution < -0.4 is 0 Å². The number of hydrogen-bond donors (Lipinski definition) is 0. The van der Waals surface area contributed by atoms with Gasteiger partial charge >= 0.3 is 0 Å². The van der Waals surface area contributed by atoms with Crippen molar-refractivity contribution in [1.29, 1.82) is 5.26 Å². The molecule has 1 aromatic carbocycles. The summed E-state index contributed by atoms with van der Waals surface area (Å²) in [7, 11) is -3.80. The molecular weight excluding hydrogens is 416 g/mol. The molecule has 4 heterocycles. The van der Waals surface area contributed by atoms with E-state index < -0.39 is 10.0 Å². The van der Waals surface area contributed by atoms with E-state index in [1.54, 1.807) is 46.4 Å². The molecule has 0 aliphatic carbocycles. The third-order valence-corrected chi connectivity index (χ3v) is 7.76. The Labute approximate surface area is 179 Å². The van der Waals surface area contributed by atoms with Gasteiger partial charge < -0.3 is 4.90 Å². The highest BCUT2D eigenvalue weighted by Crippen LogP contribution is 2.38. The summed E-state index contributed by atoms with van der Waals surface area (Å²) in [6.07, 6.45) is 6.47. The number of aromatic nitrogens is 3. The number of benzene rings is 1. The first kappa shape index (κ1) is 19.4. The van der Waals surface area contributed by atoms with Crippen molar-refractivity contribution in [2.75, 3.05) is 19.6 Å². The summed E-state index contributed by atoms with van der Waals surface area (Å²) in [5.41, 5.74) is 1.31. The Balaban J connectivity index is 1.32. The van der Waals surface area contributed by atoms with Gasteiger partial charge in [-0.1, -0.05) is 12.1 Å². The molecule has 3 aromatic rings. The normalized spacial score (nSPS) is 20.7.